The number of hydrogen-bond donors (Lipinski definition) is 3. The molecule has 0 aliphatic heterocycles. The van der Waals surface area contributed by atoms with Gasteiger partial charge in [-0.2, -0.15) is 0 Å². The van der Waals surface area contributed by atoms with Crippen molar-refractivity contribution in [3.05, 3.63) is 29.8 Å². The van der Waals surface area contributed by atoms with Crippen molar-refractivity contribution >= 4 is 16.9 Å². The average Bonchev–Trinajstić information content (AvgIpc) is 2.78. The van der Waals surface area contributed by atoms with Gasteiger partial charge < -0.3 is 15.6 Å². The zero-order chi connectivity index (χ0) is 13.7. The van der Waals surface area contributed by atoms with Crippen molar-refractivity contribution in [1.82, 2.24) is 20.6 Å². The third-order valence-electron chi connectivity index (χ3n) is 2.78. The van der Waals surface area contributed by atoms with Gasteiger partial charge in [-0.05, 0) is 38.2 Å². The molecule has 6 heteroatoms. The molecule has 1 heterocycles. The van der Waals surface area contributed by atoms with Crippen LogP contribution in [0.25, 0.3) is 11.0 Å². The molecule has 102 valence electrons. The molecule has 0 fully saturated rings. The lowest BCUT2D eigenvalue weighted by Gasteiger charge is -2.02. The predicted molar refractivity (Wildman–Crippen MR) is 71.1 cm³/mol. The predicted octanol–water partition coefficient (Wildman–Crippen LogP) is 1.32. The molecular formula is C13H17FN4O. The molecule has 0 saturated carbocycles. The Balaban J connectivity index is 1.89. The highest BCUT2D eigenvalue weighted by atomic mass is 19.1. The van der Waals surface area contributed by atoms with Crippen molar-refractivity contribution in [1.29, 1.82) is 0 Å². The first-order valence-electron chi connectivity index (χ1n) is 6.24. The summed E-state index contributed by atoms with van der Waals surface area (Å²) in [5, 5.41) is 5.77. The minimum Gasteiger partial charge on any atom is -0.349 e. The Bertz CT molecular complexity index is 567. The molecule has 0 saturated heterocycles. The van der Waals surface area contributed by atoms with E-state index in [9.17, 15) is 9.18 Å². The normalized spacial score (nSPS) is 10.8. The number of nitrogens with zero attached hydrogens (tertiary/aromatic N) is 1. The quantitative estimate of drug-likeness (QED) is 0.689. The van der Waals surface area contributed by atoms with Crippen LogP contribution in [0.3, 0.4) is 0 Å². The van der Waals surface area contributed by atoms with Crippen LogP contribution in [-0.4, -0.2) is 29.5 Å². The molecule has 0 aliphatic rings. The first-order valence-corrected chi connectivity index (χ1v) is 6.24. The molecule has 1 aromatic carbocycles. The van der Waals surface area contributed by atoms with Gasteiger partial charge in [0.25, 0.3) is 0 Å². The number of nitrogens with one attached hydrogen (secondary N) is 3. The van der Waals surface area contributed by atoms with Gasteiger partial charge in [0, 0.05) is 6.42 Å². The Morgan fingerprint density at radius 1 is 1.47 bits per heavy atom. The largest absolute Gasteiger partial charge is 0.349 e. The molecule has 3 N–H and O–H groups in total. The summed E-state index contributed by atoms with van der Waals surface area (Å²) >= 11 is 0. The van der Waals surface area contributed by atoms with Crippen molar-refractivity contribution < 1.29 is 9.18 Å². The van der Waals surface area contributed by atoms with Gasteiger partial charge in [-0.1, -0.05) is 0 Å². The van der Waals surface area contributed by atoms with Crippen molar-refractivity contribution in [2.75, 3.05) is 13.6 Å². The number of rotatable bonds is 6. The maximum atomic E-state index is 13.0. The van der Waals surface area contributed by atoms with Crippen LogP contribution in [0, 0.1) is 5.82 Å². The van der Waals surface area contributed by atoms with Crippen molar-refractivity contribution in [3.8, 4) is 0 Å². The van der Waals surface area contributed by atoms with Crippen LogP contribution < -0.4 is 10.6 Å². The lowest BCUT2D eigenvalue weighted by atomic mass is 10.3. The first kappa shape index (κ1) is 13.5. The third kappa shape index (κ3) is 3.75. The molecular weight excluding hydrogens is 247 g/mol. The fraction of sp³-hybridized carbons (Fsp3) is 0.385. The third-order valence-corrected chi connectivity index (χ3v) is 2.78. The first-order chi connectivity index (χ1) is 9.19. The van der Waals surface area contributed by atoms with E-state index in [4.69, 9.17) is 0 Å². The van der Waals surface area contributed by atoms with E-state index >= 15 is 0 Å². The van der Waals surface area contributed by atoms with Gasteiger partial charge in [-0.15, -0.1) is 0 Å². The smallest absolute Gasteiger partial charge is 0.220 e. The molecule has 5 nitrogen and oxygen atoms in total. The molecule has 0 spiro atoms. The molecule has 2 rings (SSSR count). The summed E-state index contributed by atoms with van der Waals surface area (Å²) in [6.45, 7) is 1.14. The zero-order valence-corrected chi connectivity index (χ0v) is 10.8. The monoisotopic (exact) mass is 264 g/mol. The van der Waals surface area contributed by atoms with Crippen LogP contribution >= 0.6 is 0 Å². The van der Waals surface area contributed by atoms with Crippen LogP contribution in [0.1, 0.15) is 18.7 Å². The summed E-state index contributed by atoms with van der Waals surface area (Å²) in [5.74, 6) is 0.309. The van der Waals surface area contributed by atoms with Crippen LogP contribution in [0.15, 0.2) is 18.2 Å². The number of imidazole rings is 1. The molecule has 0 aliphatic carbocycles. The Morgan fingerprint density at radius 3 is 3.11 bits per heavy atom. The van der Waals surface area contributed by atoms with E-state index in [0.717, 1.165) is 13.0 Å². The molecule has 1 aromatic heterocycles. The number of H-pyrrole nitrogens is 1. The molecule has 0 atom stereocenters. The lowest BCUT2D eigenvalue weighted by molar-refractivity contribution is -0.121. The number of amides is 1. The van der Waals surface area contributed by atoms with Crippen LogP contribution in [0.5, 0.6) is 0 Å². The molecule has 0 unspecified atom stereocenters. The number of carbonyl (C=O) groups excluding carboxylic acids is 1. The summed E-state index contributed by atoms with van der Waals surface area (Å²) in [7, 11) is 1.85. The summed E-state index contributed by atoms with van der Waals surface area (Å²) in [6, 6.07) is 4.36. The van der Waals surface area contributed by atoms with Crippen LogP contribution in [-0.2, 0) is 11.3 Å². The van der Waals surface area contributed by atoms with Gasteiger partial charge in [0.05, 0.1) is 17.6 Å². The average molecular weight is 264 g/mol. The summed E-state index contributed by atoms with van der Waals surface area (Å²) in [6.07, 6.45) is 1.28. The van der Waals surface area contributed by atoms with E-state index in [-0.39, 0.29) is 11.7 Å². The summed E-state index contributed by atoms with van der Waals surface area (Å²) < 4.78 is 13.0. The number of fused-ring (bicyclic) bond motifs is 1. The number of carbonyl (C=O) groups is 1. The number of aromatic amines is 1. The second kappa shape index (κ2) is 6.29. The van der Waals surface area contributed by atoms with Gasteiger partial charge >= 0.3 is 0 Å². The van der Waals surface area contributed by atoms with Gasteiger partial charge in [-0.25, -0.2) is 9.37 Å². The maximum absolute atomic E-state index is 13.0. The SMILES string of the molecule is CNCCCC(=O)NCc1nc2ccc(F)cc2[nH]1. The molecule has 0 radical (unpaired) electrons. The van der Waals surface area contributed by atoms with Gasteiger partial charge in [0.15, 0.2) is 0 Å². The Kier molecular flexibility index (Phi) is 4.46. The fourth-order valence-electron chi connectivity index (χ4n) is 1.81. The number of aromatic nitrogens is 2. The van der Waals surface area contributed by atoms with E-state index in [1.165, 1.54) is 12.1 Å². The van der Waals surface area contributed by atoms with Crippen molar-refractivity contribution in [2.24, 2.45) is 0 Å². The molecule has 0 bridgehead atoms. The highest BCUT2D eigenvalue weighted by Gasteiger charge is 2.05. The minimum absolute atomic E-state index is 0.0121. The van der Waals surface area contributed by atoms with Gasteiger partial charge in [-0.3, -0.25) is 4.79 Å². The second-order valence-corrected chi connectivity index (χ2v) is 4.33. The zero-order valence-electron chi connectivity index (χ0n) is 10.8. The second-order valence-electron chi connectivity index (χ2n) is 4.33. The van der Waals surface area contributed by atoms with E-state index in [1.807, 2.05) is 7.05 Å². The molecule has 1 amide bonds. The minimum atomic E-state index is -0.307. The highest BCUT2D eigenvalue weighted by molar-refractivity contribution is 5.77. The summed E-state index contributed by atoms with van der Waals surface area (Å²) in [4.78, 5) is 18.8. The van der Waals surface area contributed by atoms with Gasteiger partial charge in [0.2, 0.25) is 5.91 Å². The maximum Gasteiger partial charge on any atom is 0.220 e. The lowest BCUT2D eigenvalue weighted by Crippen LogP contribution is -2.24. The van der Waals surface area contributed by atoms with Crippen molar-refractivity contribution in [2.45, 2.75) is 19.4 Å². The Labute approximate surface area is 110 Å². The standard InChI is InChI=1S/C13H17FN4O/c1-15-6-2-3-13(19)16-8-12-17-10-5-4-9(14)7-11(10)18-12/h4-5,7,15H,2-3,6,8H2,1H3,(H,16,19)(H,17,18). The van der Waals surface area contributed by atoms with Gasteiger partial charge in [0.1, 0.15) is 11.6 Å². The van der Waals surface area contributed by atoms with Crippen molar-refractivity contribution in [3.63, 3.8) is 0 Å². The number of benzene rings is 1. The Morgan fingerprint density at radius 2 is 2.32 bits per heavy atom. The van der Waals surface area contributed by atoms with E-state index < -0.39 is 0 Å². The topological polar surface area (TPSA) is 69.8 Å². The number of halogens is 1. The van der Waals surface area contributed by atoms with E-state index in [1.54, 1.807) is 6.07 Å². The number of hydrogen-bond acceptors (Lipinski definition) is 3. The summed E-state index contributed by atoms with van der Waals surface area (Å²) in [5.41, 5.74) is 1.33. The fourth-order valence-corrected chi connectivity index (χ4v) is 1.81. The molecule has 2 aromatic rings. The highest BCUT2D eigenvalue weighted by Crippen LogP contribution is 2.12. The van der Waals surface area contributed by atoms with Crippen LogP contribution in [0.4, 0.5) is 4.39 Å². The van der Waals surface area contributed by atoms with Crippen LogP contribution in [0.2, 0.25) is 0 Å². The molecule has 19 heavy (non-hydrogen) atoms. The van der Waals surface area contributed by atoms with E-state index in [0.29, 0.717) is 29.8 Å². The van der Waals surface area contributed by atoms with E-state index in [2.05, 4.69) is 20.6 Å². The Hall–Kier alpha value is -1.95.